The zero-order chi connectivity index (χ0) is 11.5. The smallest absolute Gasteiger partial charge is 0.316 e. The molecule has 0 saturated heterocycles. The van der Waals surface area contributed by atoms with E-state index in [1.165, 1.54) is 11.8 Å². The van der Waals surface area contributed by atoms with E-state index in [9.17, 15) is 4.79 Å². The summed E-state index contributed by atoms with van der Waals surface area (Å²) in [5.41, 5.74) is 0. The highest BCUT2D eigenvalue weighted by molar-refractivity contribution is 8.00. The van der Waals surface area contributed by atoms with E-state index < -0.39 is 0 Å². The number of benzene rings is 1. The quantitative estimate of drug-likeness (QED) is 0.581. The van der Waals surface area contributed by atoms with Gasteiger partial charge >= 0.3 is 5.97 Å². The van der Waals surface area contributed by atoms with Crippen molar-refractivity contribution in [3.63, 3.8) is 0 Å². The monoisotopic (exact) mass is 226 g/mol. The molecule has 0 aliphatic rings. The molecule has 15 heavy (non-hydrogen) atoms. The molecule has 0 radical (unpaired) electrons. The summed E-state index contributed by atoms with van der Waals surface area (Å²) in [6.07, 6.45) is 0. The molecule has 0 atom stereocenters. The molecule has 0 aliphatic carbocycles. The lowest BCUT2D eigenvalue weighted by atomic mass is 10.4. The molecule has 3 heteroatoms. The summed E-state index contributed by atoms with van der Waals surface area (Å²) in [6, 6.07) is 9.81. The summed E-state index contributed by atoms with van der Waals surface area (Å²) >= 11 is 1.49. The molecule has 1 rings (SSSR count). The van der Waals surface area contributed by atoms with Gasteiger partial charge in [0.1, 0.15) is 0 Å². The fraction of sp³-hybridized carbons (Fsp3) is 0.417. The second-order valence-corrected chi connectivity index (χ2v) is 3.46. The van der Waals surface area contributed by atoms with Gasteiger partial charge in [0.25, 0.3) is 0 Å². The van der Waals surface area contributed by atoms with Crippen LogP contribution in [-0.2, 0) is 9.53 Å². The predicted octanol–water partition coefficient (Wildman–Crippen LogP) is 3.37. The Balaban J connectivity index is 0.000000921. The zero-order valence-electron chi connectivity index (χ0n) is 9.53. The second-order valence-electron chi connectivity index (χ2n) is 2.41. The van der Waals surface area contributed by atoms with Crippen LogP contribution in [0.5, 0.6) is 0 Å². The molecule has 84 valence electrons. The van der Waals surface area contributed by atoms with Crippen LogP contribution < -0.4 is 0 Å². The Labute approximate surface area is 96.0 Å². The molecule has 0 amide bonds. The molecule has 1 aromatic rings. The SMILES string of the molecule is CC.CCOC(=O)CSc1ccccc1. The minimum Gasteiger partial charge on any atom is -0.465 e. The number of thioether (sulfide) groups is 1. The van der Waals surface area contributed by atoms with E-state index in [1.807, 2.05) is 51.1 Å². The van der Waals surface area contributed by atoms with Crippen LogP contribution in [0.4, 0.5) is 0 Å². The first-order valence-electron chi connectivity index (χ1n) is 5.16. The first-order valence-corrected chi connectivity index (χ1v) is 6.15. The summed E-state index contributed by atoms with van der Waals surface area (Å²) in [5.74, 6) is 0.231. The van der Waals surface area contributed by atoms with Gasteiger partial charge in [-0.1, -0.05) is 32.0 Å². The normalized spacial score (nSPS) is 8.73. The van der Waals surface area contributed by atoms with Gasteiger partial charge in [0, 0.05) is 4.90 Å². The first kappa shape index (κ1) is 14.0. The Kier molecular flexibility index (Phi) is 8.98. The lowest BCUT2D eigenvalue weighted by Gasteiger charge is -2.00. The third kappa shape index (κ3) is 7.03. The van der Waals surface area contributed by atoms with Crippen LogP contribution in [0.1, 0.15) is 20.8 Å². The molecule has 0 saturated carbocycles. The standard InChI is InChI=1S/C10H12O2S.C2H6/c1-2-12-10(11)8-13-9-6-4-3-5-7-9;1-2/h3-7H,2,8H2,1H3;1-2H3. The maximum atomic E-state index is 11.0. The number of esters is 1. The molecule has 0 heterocycles. The maximum absolute atomic E-state index is 11.0. The van der Waals surface area contributed by atoms with Gasteiger partial charge in [-0.2, -0.15) is 0 Å². The van der Waals surface area contributed by atoms with Gasteiger partial charge in [-0.15, -0.1) is 11.8 Å². The van der Waals surface area contributed by atoms with Crippen molar-refractivity contribution in [2.75, 3.05) is 12.4 Å². The number of carbonyl (C=O) groups excluding carboxylic acids is 1. The van der Waals surface area contributed by atoms with Crippen LogP contribution in [0.3, 0.4) is 0 Å². The largest absolute Gasteiger partial charge is 0.465 e. The number of hydrogen-bond acceptors (Lipinski definition) is 3. The highest BCUT2D eigenvalue weighted by Crippen LogP contribution is 2.16. The Morgan fingerprint density at radius 2 is 1.87 bits per heavy atom. The van der Waals surface area contributed by atoms with E-state index in [2.05, 4.69) is 0 Å². The Morgan fingerprint density at radius 1 is 1.27 bits per heavy atom. The molecule has 1 aromatic carbocycles. The van der Waals surface area contributed by atoms with Crippen molar-refractivity contribution < 1.29 is 9.53 Å². The lowest BCUT2D eigenvalue weighted by molar-refractivity contribution is -0.139. The third-order valence-electron chi connectivity index (χ3n) is 1.41. The maximum Gasteiger partial charge on any atom is 0.316 e. The third-order valence-corrected chi connectivity index (χ3v) is 2.39. The fourth-order valence-corrected chi connectivity index (χ4v) is 1.58. The number of rotatable bonds is 4. The van der Waals surface area contributed by atoms with E-state index in [1.54, 1.807) is 0 Å². The second kappa shape index (κ2) is 9.59. The number of hydrogen-bond donors (Lipinski definition) is 0. The minimum absolute atomic E-state index is 0.156. The van der Waals surface area contributed by atoms with E-state index in [4.69, 9.17) is 4.74 Å². The Bertz CT molecular complexity index is 260. The van der Waals surface area contributed by atoms with Crippen molar-refractivity contribution in [1.82, 2.24) is 0 Å². The number of carbonyl (C=O) groups is 1. The van der Waals surface area contributed by atoms with Crippen LogP contribution in [0.15, 0.2) is 35.2 Å². The van der Waals surface area contributed by atoms with Gasteiger partial charge in [-0.25, -0.2) is 0 Å². The van der Waals surface area contributed by atoms with Crippen LogP contribution in [-0.4, -0.2) is 18.3 Å². The molecule has 0 N–H and O–H groups in total. The molecule has 2 nitrogen and oxygen atoms in total. The molecular formula is C12H18O2S. The summed E-state index contributed by atoms with van der Waals surface area (Å²) in [7, 11) is 0. The van der Waals surface area contributed by atoms with Crippen molar-refractivity contribution >= 4 is 17.7 Å². The number of ether oxygens (including phenoxy) is 1. The molecule has 0 bridgehead atoms. The Hall–Kier alpha value is -0.960. The van der Waals surface area contributed by atoms with Gasteiger partial charge in [0.05, 0.1) is 12.4 Å². The Morgan fingerprint density at radius 3 is 2.40 bits per heavy atom. The van der Waals surface area contributed by atoms with Crippen molar-refractivity contribution in [3.05, 3.63) is 30.3 Å². The van der Waals surface area contributed by atoms with Crippen LogP contribution >= 0.6 is 11.8 Å². The average Bonchev–Trinajstić information content (AvgIpc) is 2.31. The lowest BCUT2D eigenvalue weighted by Crippen LogP contribution is -2.06. The van der Waals surface area contributed by atoms with Crippen molar-refractivity contribution in [2.45, 2.75) is 25.7 Å². The van der Waals surface area contributed by atoms with E-state index >= 15 is 0 Å². The fourth-order valence-electron chi connectivity index (χ4n) is 0.862. The van der Waals surface area contributed by atoms with E-state index in [0.717, 1.165) is 4.90 Å². The van der Waals surface area contributed by atoms with Crippen molar-refractivity contribution in [3.8, 4) is 0 Å². The van der Waals surface area contributed by atoms with Gasteiger partial charge in [-0.05, 0) is 19.1 Å². The molecule has 0 spiro atoms. The zero-order valence-corrected chi connectivity index (χ0v) is 10.3. The van der Waals surface area contributed by atoms with Crippen LogP contribution in [0, 0.1) is 0 Å². The van der Waals surface area contributed by atoms with Gasteiger partial charge in [-0.3, -0.25) is 4.79 Å². The van der Waals surface area contributed by atoms with Gasteiger partial charge in [0.2, 0.25) is 0 Å². The van der Waals surface area contributed by atoms with Crippen LogP contribution in [0.2, 0.25) is 0 Å². The topological polar surface area (TPSA) is 26.3 Å². The highest BCUT2D eigenvalue weighted by Gasteiger charge is 2.01. The summed E-state index contributed by atoms with van der Waals surface area (Å²) in [6.45, 7) is 6.26. The van der Waals surface area contributed by atoms with Crippen molar-refractivity contribution in [2.24, 2.45) is 0 Å². The molecule has 0 unspecified atom stereocenters. The summed E-state index contributed by atoms with van der Waals surface area (Å²) in [5, 5.41) is 0. The predicted molar refractivity (Wildman–Crippen MR) is 65.1 cm³/mol. The van der Waals surface area contributed by atoms with Gasteiger partial charge < -0.3 is 4.74 Å². The van der Waals surface area contributed by atoms with E-state index in [-0.39, 0.29) is 5.97 Å². The molecule has 0 aromatic heterocycles. The van der Waals surface area contributed by atoms with Crippen LogP contribution in [0.25, 0.3) is 0 Å². The highest BCUT2D eigenvalue weighted by atomic mass is 32.2. The first-order chi connectivity index (χ1) is 7.33. The van der Waals surface area contributed by atoms with Crippen molar-refractivity contribution in [1.29, 1.82) is 0 Å². The molecular weight excluding hydrogens is 208 g/mol. The molecule has 0 fully saturated rings. The van der Waals surface area contributed by atoms with E-state index in [0.29, 0.717) is 12.4 Å². The summed E-state index contributed by atoms with van der Waals surface area (Å²) < 4.78 is 4.80. The van der Waals surface area contributed by atoms with Gasteiger partial charge in [0.15, 0.2) is 0 Å². The summed E-state index contributed by atoms with van der Waals surface area (Å²) in [4.78, 5) is 12.1. The minimum atomic E-state index is -0.156. The molecule has 0 aliphatic heterocycles. The average molecular weight is 226 g/mol.